The van der Waals surface area contributed by atoms with E-state index < -0.39 is 0 Å². The van der Waals surface area contributed by atoms with E-state index >= 15 is 0 Å². The second kappa shape index (κ2) is 9.88. The number of amides is 2. The minimum Gasteiger partial charge on any atom is -0.348 e. The Kier molecular flexibility index (Phi) is 6.35. The van der Waals surface area contributed by atoms with Crippen LogP contribution in [0.1, 0.15) is 21.5 Å². The number of pyridine rings is 1. The van der Waals surface area contributed by atoms with E-state index in [1.54, 1.807) is 23.3 Å². The van der Waals surface area contributed by atoms with E-state index in [1.165, 1.54) is 23.7 Å². The molecule has 34 heavy (non-hydrogen) atoms. The summed E-state index contributed by atoms with van der Waals surface area (Å²) in [4.78, 5) is 36.8. The van der Waals surface area contributed by atoms with E-state index in [0.29, 0.717) is 17.9 Å². The van der Waals surface area contributed by atoms with E-state index in [9.17, 15) is 9.59 Å². The number of thioether (sulfide) groups is 1. The first kappa shape index (κ1) is 21.8. The second-order valence-corrected chi connectivity index (χ2v) is 8.73. The lowest BCUT2D eigenvalue weighted by Gasteiger charge is -2.17. The lowest BCUT2D eigenvalue weighted by Crippen LogP contribution is -2.30. The molecule has 1 aliphatic rings. The molecular weight excluding hydrogens is 448 g/mol. The van der Waals surface area contributed by atoms with Crippen molar-refractivity contribution < 1.29 is 9.59 Å². The molecule has 0 atom stereocenters. The Labute approximate surface area is 201 Å². The maximum Gasteiger partial charge on any atom is 0.252 e. The van der Waals surface area contributed by atoms with Gasteiger partial charge in [-0.3, -0.25) is 9.59 Å². The van der Waals surface area contributed by atoms with Crippen LogP contribution < -0.4 is 10.2 Å². The molecule has 0 bridgehead atoms. The summed E-state index contributed by atoms with van der Waals surface area (Å²) < 4.78 is 1.56. The van der Waals surface area contributed by atoms with Gasteiger partial charge in [-0.15, -0.1) is 11.8 Å². The minimum atomic E-state index is -0.213. The summed E-state index contributed by atoms with van der Waals surface area (Å²) in [5, 5.41) is 7.09. The quantitative estimate of drug-likeness (QED) is 0.417. The SMILES string of the molecule is O=C(NCc1cccnc1-n1cncn1)c1ccccc1SCC(=O)N1CCc2ccccc21. The molecule has 3 heterocycles. The molecule has 2 aromatic heterocycles. The Morgan fingerprint density at radius 2 is 1.88 bits per heavy atom. The first-order valence-corrected chi connectivity index (χ1v) is 11.9. The first-order chi connectivity index (χ1) is 16.7. The molecule has 4 aromatic rings. The number of anilines is 1. The van der Waals surface area contributed by atoms with Crippen molar-refractivity contribution in [1.29, 1.82) is 0 Å². The van der Waals surface area contributed by atoms with Crippen LogP contribution in [-0.2, 0) is 17.8 Å². The van der Waals surface area contributed by atoms with Crippen molar-refractivity contribution in [2.24, 2.45) is 0 Å². The molecule has 0 fully saturated rings. The third-order valence-electron chi connectivity index (χ3n) is 5.61. The Hall–Kier alpha value is -3.98. The molecule has 0 spiro atoms. The molecule has 1 aliphatic heterocycles. The number of benzene rings is 2. The molecule has 8 nitrogen and oxygen atoms in total. The maximum absolute atomic E-state index is 13.0. The van der Waals surface area contributed by atoms with Gasteiger partial charge in [0.1, 0.15) is 12.7 Å². The summed E-state index contributed by atoms with van der Waals surface area (Å²) in [5.74, 6) is 0.699. The van der Waals surface area contributed by atoms with Gasteiger partial charge in [0.25, 0.3) is 5.91 Å². The third-order valence-corrected chi connectivity index (χ3v) is 6.67. The fourth-order valence-electron chi connectivity index (χ4n) is 3.96. The van der Waals surface area contributed by atoms with Crippen LogP contribution in [-0.4, -0.2) is 43.9 Å². The van der Waals surface area contributed by atoms with Crippen LogP contribution in [0.5, 0.6) is 0 Å². The molecular formula is C25H22N6O2S. The Morgan fingerprint density at radius 3 is 2.76 bits per heavy atom. The first-order valence-electron chi connectivity index (χ1n) is 10.9. The number of para-hydroxylation sites is 1. The van der Waals surface area contributed by atoms with Crippen LogP contribution in [0.2, 0.25) is 0 Å². The van der Waals surface area contributed by atoms with Crippen molar-refractivity contribution in [2.75, 3.05) is 17.2 Å². The van der Waals surface area contributed by atoms with Gasteiger partial charge in [-0.05, 0) is 36.2 Å². The third kappa shape index (κ3) is 4.55. The van der Waals surface area contributed by atoms with Crippen LogP contribution in [0.25, 0.3) is 5.82 Å². The lowest BCUT2D eigenvalue weighted by molar-refractivity contribution is -0.116. The number of nitrogens with zero attached hydrogens (tertiary/aromatic N) is 5. The predicted octanol–water partition coefficient (Wildman–Crippen LogP) is 3.27. The Morgan fingerprint density at radius 1 is 1.03 bits per heavy atom. The summed E-state index contributed by atoms with van der Waals surface area (Å²) in [6.45, 7) is 0.977. The number of hydrogen-bond donors (Lipinski definition) is 1. The Bertz CT molecular complexity index is 1320. The van der Waals surface area contributed by atoms with Gasteiger partial charge in [-0.2, -0.15) is 5.10 Å². The van der Waals surface area contributed by atoms with E-state index in [0.717, 1.165) is 22.6 Å². The van der Waals surface area contributed by atoms with Crippen LogP contribution in [0.4, 0.5) is 5.69 Å². The molecule has 1 N–H and O–H groups in total. The highest BCUT2D eigenvalue weighted by atomic mass is 32.2. The van der Waals surface area contributed by atoms with Gasteiger partial charge in [0.05, 0.1) is 11.3 Å². The molecule has 0 saturated carbocycles. The van der Waals surface area contributed by atoms with Crippen molar-refractivity contribution in [3.8, 4) is 5.82 Å². The van der Waals surface area contributed by atoms with E-state index in [-0.39, 0.29) is 24.1 Å². The van der Waals surface area contributed by atoms with Gasteiger partial charge >= 0.3 is 0 Å². The van der Waals surface area contributed by atoms with Crippen LogP contribution in [0.3, 0.4) is 0 Å². The average molecular weight is 471 g/mol. The zero-order valence-corrected chi connectivity index (χ0v) is 19.1. The van der Waals surface area contributed by atoms with Gasteiger partial charge in [-0.1, -0.05) is 36.4 Å². The van der Waals surface area contributed by atoms with Crippen molar-refractivity contribution in [1.82, 2.24) is 25.1 Å². The smallest absolute Gasteiger partial charge is 0.252 e. The molecule has 2 aromatic carbocycles. The van der Waals surface area contributed by atoms with Crippen LogP contribution in [0, 0.1) is 0 Å². The van der Waals surface area contributed by atoms with Crippen LogP contribution in [0.15, 0.2) is 84.4 Å². The number of hydrogen-bond acceptors (Lipinski definition) is 6. The van der Waals surface area contributed by atoms with Gasteiger partial charge in [-0.25, -0.2) is 14.6 Å². The summed E-state index contributed by atoms with van der Waals surface area (Å²) in [6, 6.07) is 19.0. The topological polar surface area (TPSA) is 93.0 Å². The number of fused-ring (bicyclic) bond motifs is 1. The van der Waals surface area contributed by atoms with Crippen molar-refractivity contribution in [2.45, 2.75) is 17.9 Å². The van der Waals surface area contributed by atoms with E-state index in [1.807, 2.05) is 53.4 Å². The number of carbonyl (C=O) groups excluding carboxylic acids is 2. The summed E-state index contributed by atoms with van der Waals surface area (Å²) >= 11 is 1.38. The molecule has 0 radical (unpaired) electrons. The molecule has 170 valence electrons. The summed E-state index contributed by atoms with van der Waals surface area (Å²) in [5.41, 5.74) is 3.53. The minimum absolute atomic E-state index is 0.0398. The van der Waals surface area contributed by atoms with Gasteiger partial charge in [0, 0.05) is 35.4 Å². The highest BCUT2D eigenvalue weighted by Crippen LogP contribution is 2.29. The fourth-order valence-corrected chi connectivity index (χ4v) is 4.88. The molecule has 0 aliphatic carbocycles. The van der Waals surface area contributed by atoms with Crippen molar-refractivity contribution >= 4 is 29.3 Å². The van der Waals surface area contributed by atoms with E-state index in [2.05, 4.69) is 26.4 Å². The summed E-state index contributed by atoms with van der Waals surface area (Å²) in [6.07, 6.45) is 5.54. The molecule has 2 amide bonds. The standard InChI is InChI=1S/C25H22N6O2S/c32-23(30-13-11-18-6-1-3-9-21(18)30)15-34-22-10-4-2-8-20(22)25(33)28-14-19-7-5-12-27-24(19)31-17-26-16-29-31/h1-10,12,16-17H,11,13-15H2,(H,28,33). The van der Waals surface area contributed by atoms with Crippen molar-refractivity contribution in [3.63, 3.8) is 0 Å². The van der Waals surface area contributed by atoms with Gasteiger partial charge in [0.15, 0.2) is 5.82 Å². The second-order valence-electron chi connectivity index (χ2n) is 7.72. The molecule has 9 heteroatoms. The maximum atomic E-state index is 13.0. The number of carbonyl (C=O) groups is 2. The number of nitrogens with one attached hydrogen (secondary N) is 1. The molecule has 5 rings (SSSR count). The predicted molar refractivity (Wildman–Crippen MR) is 130 cm³/mol. The normalized spacial score (nSPS) is 12.4. The molecule has 0 unspecified atom stereocenters. The monoisotopic (exact) mass is 470 g/mol. The molecule has 0 saturated heterocycles. The highest BCUT2D eigenvalue weighted by molar-refractivity contribution is 8.00. The highest BCUT2D eigenvalue weighted by Gasteiger charge is 2.24. The van der Waals surface area contributed by atoms with Gasteiger partial charge < -0.3 is 10.2 Å². The van der Waals surface area contributed by atoms with Crippen molar-refractivity contribution in [3.05, 3.63) is 96.2 Å². The number of aromatic nitrogens is 4. The van der Waals surface area contributed by atoms with E-state index in [4.69, 9.17) is 0 Å². The number of rotatable bonds is 7. The average Bonchev–Trinajstić information content (AvgIpc) is 3.57. The largest absolute Gasteiger partial charge is 0.348 e. The Balaban J connectivity index is 1.25. The lowest BCUT2D eigenvalue weighted by atomic mass is 10.2. The summed E-state index contributed by atoms with van der Waals surface area (Å²) in [7, 11) is 0. The zero-order chi connectivity index (χ0) is 23.3. The fraction of sp³-hybridized carbons (Fsp3) is 0.160. The van der Waals surface area contributed by atoms with Crippen LogP contribution >= 0.6 is 11.8 Å². The zero-order valence-electron chi connectivity index (χ0n) is 18.3. The van der Waals surface area contributed by atoms with Gasteiger partial charge in [0.2, 0.25) is 5.91 Å².